The molecule has 0 bridgehead atoms. The third-order valence-corrected chi connectivity index (χ3v) is 37.5. The second-order valence-corrected chi connectivity index (χ2v) is 44.6. The van der Waals surface area contributed by atoms with E-state index in [9.17, 15) is 9.59 Å². The summed E-state index contributed by atoms with van der Waals surface area (Å²) < 4.78 is 72.2. The minimum atomic E-state index is -2.90. The molecular weight excluding hydrogens is 1050 g/mol. The Hall–Kier alpha value is -0.722. The lowest BCUT2D eigenvalue weighted by Gasteiger charge is -2.40. The first-order chi connectivity index (χ1) is 34.1. The number of hydrogen-bond donors (Lipinski definition) is 0. The normalized spacial score (nSPS) is 16.3. The molecule has 0 aromatic carbocycles. The molecule has 0 heterocycles. The van der Waals surface area contributed by atoms with Crippen molar-refractivity contribution in [2.24, 2.45) is 0 Å². The molecule has 0 aliphatic carbocycles. The smallest absolute Gasteiger partial charge is 0.365 e. The number of ether oxygens (including phenoxy) is 2. The van der Waals surface area contributed by atoms with Crippen LogP contribution in [0.25, 0.3) is 0 Å². The Kier molecular flexibility index (Phi) is 47.7. The summed E-state index contributed by atoms with van der Waals surface area (Å²) in [6.07, 6.45) is 17.5. The Morgan fingerprint density at radius 2 is 0.685 bits per heavy atom. The van der Waals surface area contributed by atoms with E-state index in [1.54, 1.807) is 35.2 Å². The van der Waals surface area contributed by atoms with Crippen LogP contribution >= 0.6 is 0 Å². The zero-order chi connectivity index (χ0) is 57.3. The first-order valence-corrected chi connectivity index (χ1v) is 45.6. The quantitative estimate of drug-likeness (QED) is 0.0188. The Bertz CT molecular complexity index is 1440. The van der Waals surface area contributed by atoms with Gasteiger partial charge in [-0.2, -0.15) is 0 Å². The Morgan fingerprint density at radius 1 is 0.370 bits per heavy atom. The van der Waals surface area contributed by atoms with Crippen molar-refractivity contribution in [3.05, 3.63) is 37.5 Å². The number of unbranched alkanes of at least 4 members (excludes halogenated alkanes) is 8. The topological polar surface area (TPSA) is 145 Å². The maximum Gasteiger partial charge on any atom is 0.365 e. The molecule has 0 radical (unpaired) electrons. The summed E-state index contributed by atoms with van der Waals surface area (Å²) in [4.78, 5) is 23.6. The monoisotopic (exact) mass is 1160 g/mol. The molecule has 21 heteroatoms. The van der Waals surface area contributed by atoms with Crippen LogP contribution in [0.2, 0.25) is 76.6 Å². The van der Waals surface area contributed by atoms with Crippen molar-refractivity contribution >= 4 is 71.9 Å². The molecule has 0 saturated heterocycles. The van der Waals surface area contributed by atoms with E-state index in [1.807, 2.05) is 26.2 Å². The molecule has 73 heavy (non-hydrogen) atoms. The van der Waals surface area contributed by atoms with Gasteiger partial charge in [-0.25, -0.2) is 9.59 Å². The van der Waals surface area contributed by atoms with Crippen molar-refractivity contribution in [2.45, 2.75) is 235 Å². The van der Waals surface area contributed by atoms with Crippen LogP contribution in [-0.2, 0) is 62.1 Å². The van der Waals surface area contributed by atoms with Crippen LogP contribution in [-0.4, -0.2) is 125 Å². The Balaban J connectivity index is -0.000000490. The van der Waals surface area contributed by atoms with Crippen molar-refractivity contribution in [3.63, 3.8) is 0 Å². The van der Waals surface area contributed by atoms with Crippen LogP contribution in [0.3, 0.4) is 0 Å². The molecule has 0 aliphatic heterocycles. The Labute approximate surface area is 457 Å². The molecule has 0 rings (SSSR count). The molecule has 6 unspecified atom stereocenters. The van der Waals surface area contributed by atoms with Gasteiger partial charge in [-0.05, 0) is 110 Å². The van der Waals surface area contributed by atoms with Crippen LogP contribution in [0.1, 0.15) is 159 Å². The van der Waals surface area contributed by atoms with E-state index in [4.69, 9.17) is 52.5 Å². The molecule has 0 amide bonds. The van der Waals surface area contributed by atoms with Gasteiger partial charge < -0.3 is 52.5 Å². The highest BCUT2D eigenvalue weighted by atomic mass is 28.5. The summed E-state index contributed by atoms with van der Waals surface area (Å²) in [6, 6.07) is 3.91. The zero-order valence-electron chi connectivity index (χ0n) is 51.0. The molecule has 436 valence electrons. The number of rotatable bonds is 42. The van der Waals surface area contributed by atoms with Gasteiger partial charge in [0.25, 0.3) is 0 Å². The fourth-order valence-electron chi connectivity index (χ4n) is 7.38. The molecule has 0 spiro atoms. The lowest BCUT2D eigenvalue weighted by molar-refractivity contribution is -0.138. The lowest BCUT2D eigenvalue weighted by Crippen LogP contribution is -2.60. The van der Waals surface area contributed by atoms with E-state index < -0.39 is 71.9 Å². The third-order valence-electron chi connectivity index (χ3n) is 11.5. The van der Waals surface area contributed by atoms with Gasteiger partial charge in [-0.3, -0.25) is 0 Å². The SMILES string of the molecule is C=C.C=C(C)C(=O)OC[Si](C)(OC)O[Si](C)(CCC)OCCCC.C=C(C)C(=O)OC[Si](C)(O[Si](C)(C)OCCCC)O[Si](C)(CCC)OCCCC.CCCCCCCC[Si](C)(OC)O[Si](C)(CCC)OC. The molecule has 0 saturated carbocycles. The highest BCUT2D eigenvalue weighted by Gasteiger charge is 2.48. The van der Waals surface area contributed by atoms with Crippen LogP contribution in [0.4, 0.5) is 0 Å². The number of carbonyl (C=O) groups excluding carboxylic acids is 2. The summed E-state index contributed by atoms with van der Waals surface area (Å²) in [7, 11) is -11.6. The van der Waals surface area contributed by atoms with Crippen LogP contribution < -0.4 is 0 Å². The lowest BCUT2D eigenvalue weighted by atomic mass is 10.1. The maximum atomic E-state index is 12.0. The Morgan fingerprint density at radius 3 is 1.05 bits per heavy atom. The van der Waals surface area contributed by atoms with Gasteiger partial charge in [0.2, 0.25) is 0 Å². The maximum absolute atomic E-state index is 12.0. The highest BCUT2D eigenvalue weighted by molar-refractivity contribution is 6.85. The third kappa shape index (κ3) is 41.1. The molecule has 0 aliphatic rings. The van der Waals surface area contributed by atoms with Gasteiger partial charge >= 0.3 is 71.9 Å². The highest BCUT2D eigenvalue weighted by Crippen LogP contribution is 2.28. The van der Waals surface area contributed by atoms with Crippen LogP contribution in [0, 0.1) is 0 Å². The van der Waals surface area contributed by atoms with E-state index in [0.717, 1.165) is 82.0 Å². The van der Waals surface area contributed by atoms with Gasteiger partial charge in [-0.1, -0.05) is 139 Å². The fourth-order valence-corrected chi connectivity index (χ4v) is 34.1. The van der Waals surface area contributed by atoms with Crippen LogP contribution in [0.5, 0.6) is 0 Å². The summed E-state index contributed by atoms with van der Waals surface area (Å²) in [6.45, 7) is 50.1. The summed E-state index contributed by atoms with van der Waals surface area (Å²) >= 11 is 0. The molecule has 0 N–H and O–H groups in total. The number of carbonyl (C=O) groups is 2. The van der Waals surface area contributed by atoms with Crippen molar-refractivity contribution < 1.29 is 62.1 Å². The second-order valence-electron chi connectivity index (χ2n) is 20.3. The predicted molar refractivity (Wildman–Crippen MR) is 321 cm³/mol. The fraction of sp³-hybridized carbons (Fsp3) is 0.846. The van der Waals surface area contributed by atoms with Crippen molar-refractivity contribution in [2.75, 3.05) is 53.6 Å². The second kappa shape index (κ2) is 44.2. The molecule has 0 aromatic heterocycles. The van der Waals surface area contributed by atoms with Gasteiger partial charge in [0, 0.05) is 52.3 Å². The first kappa shape index (κ1) is 78.8. The van der Waals surface area contributed by atoms with Crippen molar-refractivity contribution in [1.29, 1.82) is 0 Å². The van der Waals surface area contributed by atoms with Gasteiger partial charge in [0.05, 0.1) is 0 Å². The van der Waals surface area contributed by atoms with E-state index >= 15 is 0 Å². The van der Waals surface area contributed by atoms with E-state index in [0.29, 0.717) is 31.0 Å². The summed E-state index contributed by atoms with van der Waals surface area (Å²) in [5, 5.41) is 0. The molecule has 6 atom stereocenters. The average Bonchev–Trinajstić information content (AvgIpc) is 3.32. The van der Waals surface area contributed by atoms with Gasteiger partial charge in [0.15, 0.2) is 0 Å². The minimum Gasteiger partial charge on any atom is -0.460 e. The minimum absolute atomic E-state index is 0.107. The summed E-state index contributed by atoms with van der Waals surface area (Å²) in [5.41, 5.74) is 0.741. The van der Waals surface area contributed by atoms with Gasteiger partial charge in [-0.15, -0.1) is 13.2 Å². The molecule has 0 aromatic rings. The van der Waals surface area contributed by atoms with Crippen LogP contribution in [0.15, 0.2) is 37.5 Å². The number of hydrogen-bond acceptors (Lipinski definition) is 14. The molecular formula is C52H116O14Si7. The van der Waals surface area contributed by atoms with Crippen molar-refractivity contribution in [1.82, 2.24) is 0 Å². The van der Waals surface area contributed by atoms with E-state index in [2.05, 4.69) is 101 Å². The largest absolute Gasteiger partial charge is 0.460 e. The zero-order valence-corrected chi connectivity index (χ0v) is 58.0. The first-order valence-electron chi connectivity index (χ1n) is 27.6. The predicted octanol–water partition coefficient (Wildman–Crippen LogP) is 15.3. The van der Waals surface area contributed by atoms with Crippen molar-refractivity contribution in [3.8, 4) is 0 Å². The van der Waals surface area contributed by atoms with Gasteiger partial charge in [0.1, 0.15) is 12.5 Å². The molecule has 0 fully saturated rings. The summed E-state index contributed by atoms with van der Waals surface area (Å²) in [5.74, 6) is -0.835. The standard InChI is InChI=1S/C20H44O6Si3.C15H32O5Si2.C15H36O3Si2.C2H4/c1-10-13-15-23-27(6,7)25-29(9,18-22-20(21)19(4)5)26-28(8,17-12-3)24-16-14-11-2;1-8-10-11-19-21(6,12-9-2)20-22(7,17-5)13-18-15(16)14(3)4;1-7-9-10-11-12-13-15-20(6,17-4)18-19(5,16-3)14-8-2;1-2/h4,10-18H2,1-3,5-9H3;3,8-13H2,1-2,4-7H3;7-15H2,1-6H3;1-2H2. The number of esters is 2. The van der Waals surface area contributed by atoms with E-state index in [-0.39, 0.29) is 12.5 Å². The molecule has 14 nitrogen and oxygen atoms in total. The average molecular weight is 1160 g/mol. The van der Waals surface area contributed by atoms with E-state index in [1.165, 1.54) is 38.5 Å².